The fourth-order valence-corrected chi connectivity index (χ4v) is 4.74. The summed E-state index contributed by atoms with van der Waals surface area (Å²) < 4.78 is 15.5. The molecule has 0 bridgehead atoms. The van der Waals surface area contributed by atoms with E-state index in [1.807, 2.05) is 19.1 Å². The Morgan fingerprint density at radius 2 is 2.07 bits per heavy atom. The van der Waals surface area contributed by atoms with Gasteiger partial charge in [0.1, 0.15) is 11.4 Å². The Labute approximate surface area is 162 Å². The van der Waals surface area contributed by atoms with Crippen molar-refractivity contribution in [3.05, 3.63) is 53.9 Å². The van der Waals surface area contributed by atoms with Gasteiger partial charge in [0, 0.05) is 30.3 Å². The first-order chi connectivity index (χ1) is 13.6. The van der Waals surface area contributed by atoms with Crippen LogP contribution in [-0.2, 0) is 4.79 Å². The molecule has 2 aliphatic carbocycles. The Balaban J connectivity index is 1.44. The number of aromatic nitrogens is 4. The van der Waals surface area contributed by atoms with Gasteiger partial charge in [-0.05, 0) is 31.9 Å². The lowest BCUT2D eigenvalue weighted by atomic mass is 9.87. The zero-order chi connectivity index (χ0) is 19.3. The van der Waals surface area contributed by atoms with Gasteiger partial charge in [-0.2, -0.15) is 4.39 Å². The summed E-state index contributed by atoms with van der Waals surface area (Å²) in [7, 11) is 0. The smallest absolute Gasteiger partial charge is 0.238 e. The highest BCUT2D eigenvalue weighted by atomic mass is 19.1. The summed E-state index contributed by atoms with van der Waals surface area (Å²) >= 11 is 0. The van der Waals surface area contributed by atoms with Crippen molar-refractivity contribution in [3.8, 4) is 5.69 Å². The van der Waals surface area contributed by atoms with E-state index < -0.39 is 5.95 Å². The van der Waals surface area contributed by atoms with Gasteiger partial charge in [0.2, 0.25) is 11.9 Å². The van der Waals surface area contributed by atoms with E-state index in [0.717, 1.165) is 30.7 Å². The molecule has 2 fully saturated rings. The summed E-state index contributed by atoms with van der Waals surface area (Å²) in [5, 5.41) is 8.42. The van der Waals surface area contributed by atoms with Gasteiger partial charge >= 0.3 is 0 Å². The molecule has 3 heterocycles. The van der Waals surface area contributed by atoms with Gasteiger partial charge in [0.25, 0.3) is 0 Å². The molecule has 28 heavy (non-hydrogen) atoms. The van der Waals surface area contributed by atoms with Crippen molar-refractivity contribution in [1.29, 1.82) is 0 Å². The lowest BCUT2D eigenvalue weighted by molar-refractivity contribution is -0.131. The van der Waals surface area contributed by atoms with Crippen LogP contribution in [0.5, 0.6) is 0 Å². The minimum absolute atomic E-state index is 0.0736. The van der Waals surface area contributed by atoms with E-state index in [4.69, 9.17) is 0 Å². The molecule has 2 aromatic rings. The first-order valence-corrected chi connectivity index (χ1v) is 9.87. The summed E-state index contributed by atoms with van der Waals surface area (Å²) in [6.07, 6.45) is 12.2. The quantitative estimate of drug-likeness (QED) is 0.769. The van der Waals surface area contributed by atoms with Crippen molar-refractivity contribution in [2.24, 2.45) is 11.8 Å². The van der Waals surface area contributed by atoms with E-state index in [-0.39, 0.29) is 23.4 Å². The molecule has 1 aliphatic heterocycles. The van der Waals surface area contributed by atoms with Crippen LogP contribution in [0.4, 0.5) is 4.39 Å². The van der Waals surface area contributed by atoms with E-state index in [9.17, 15) is 9.18 Å². The maximum absolute atomic E-state index is 14.0. The van der Waals surface area contributed by atoms with Crippen molar-refractivity contribution in [2.75, 3.05) is 6.54 Å². The molecule has 2 aromatic heterocycles. The lowest BCUT2D eigenvalue weighted by Crippen LogP contribution is -2.35. The SMILES string of the molecule is Cc1c(C2=CC3CN(C4CCCC4)C(=O)C3C=C2)nnn1-c1cccnc1F. The molecule has 144 valence electrons. The molecule has 0 aromatic carbocycles. The number of nitrogens with zero attached hydrogens (tertiary/aromatic N) is 5. The molecule has 5 rings (SSSR count). The lowest BCUT2D eigenvalue weighted by Gasteiger charge is -2.23. The van der Waals surface area contributed by atoms with E-state index >= 15 is 0 Å². The largest absolute Gasteiger partial charge is 0.339 e. The first-order valence-electron chi connectivity index (χ1n) is 9.87. The molecule has 1 saturated heterocycles. The van der Waals surface area contributed by atoms with Crippen LogP contribution in [0, 0.1) is 24.7 Å². The van der Waals surface area contributed by atoms with Crippen LogP contribution in [0.15, 0.2) is 36.6 Å². The standard InChI is InChI=1S/C21H22FN5O/c1-13-19(24-25-27(13)18-7-4-10-23-20(18)22)14-8-9-17-15(11-14)12-26(21(17)28)16-5-2-3-6-16/h4,7-11,15-17H,2-3,5-6,12H2,1H3. The minimum atomic E-state index is -0.580. The van der Waals surface area contributed by atoms with Crippen LogP contribution < -0.4 is 0 Å². The Hall–Kier alpha value is -2.83. The molecule has 2 unspecified atom stereocenters. The summed E-state index contributed by atoms with van der Waals surface area (Å²) in [4.78, 5) is 18.6. The Kier molecular flexibility index (Phi) is 4.10. The van der Waals surface area contributed by atoms with Crippen molar-refractivity contribution in [1.82, 2.24) is 24.9 Å². The second-order valence-electron chi connectivity index (χ2n) is 7.85. The zero-order valence-corrected chi connectivity index (χ0v) is 15.8. The number of amides is 1. The number of allylic oxidation sites excluding steroid dienone is 2. The van der Waals surface area contributed by atoms with Crippen LogP contribution in [0.2, 0.25) is 0 Å². The second-order valence-corrected chi connectivity index (χ2v) is 7.85. The molecule has 0 spiro atoms. The normalized spacial score (nSPS) is 24.7. The average Bonchev–Trinajstić information content (AvgIpc) is 3.42. The summed E-state index contributed by atoms with van der Waals surface area (Å²) in [5.41, 5.74) is 2.68. The van der Waals surface area contributed by atoms with Gasteiger partial charge in [0.05, 0.1) is 11.6 Å². The third kappa shape index (κ3) is 2.68. The highest BCUT2D eigenvalue weighted by Crippen LogP contribution is 2.38. The number of rotatable bonds is 3. The highest BCUT2D eigenvalue weighted by Gasteiger charge is 2.42. The van der Waals surface area contributed by atoms with E-state index in [2.05, 4.69) is 26.3 Å². The van der Waals surface area contributed by atoms with E-state index in [1.54, 1.807) is 12.1 Å². The van der Waals surface area contributed by atoms with Crippen LogP contribution in [0.1, 0.15) is 37.1 Å². The monoisotopic (exact) mass is 379 g/mol. The molecule has 2 atom stereocenters. The topological polar surface area (TPSA) is 63.9 Å². The third-order valence-electron chi connectivity index (χ3n) is 6.21. The summed E-state index contributed by atoms with van der Waals surface area (Å²) in [5.74, 6) is -0.242. The molecule has 3 aliphatic rings. The van der Waals surface area contributed by atoms with Crippen LogP contribution >= 0.6 is 0 Å². The Morgan fingerprint density at radius 1 is 1.25 bits per heavy atom. The predicted octanol–water partition coefficient (Wildman–Crippen LogP) is 3.08. The Morgan fingerprint density at radius 3 is 2.86 bits per heavy atom. The average molecular weight is 379 g/mol. The highest BCUT2D eigenvalue weighted by molar-refractivity contribution is 5.87. The van der Waals surface area contributed by atoms with Gasteiger partial charge < -0.3 is 4.90 Å². The number of pyridine rings is 1. The predicted molar refractivity (Wildman–Crippen MR) is 102 cm³/mol. The van der Waals surface area contributed by atoms with Gasteiger partial charge in [-0.15, -0.1) is 5.10 Å². The maximum Gasteiger partial charge on any atom is 0.238 e. The fraction of sp³-hybridized carbons (Fsp3) is 0.429. The van der Waals surface area contributed by atoms with Gasteiger partial charge in [-0.3, -0.25) is 4.79 Å². The number of carbonyl (C=O) groups is 1. The fourth-order valence-electron chi connectivity index (χ4n) is 4.74. The number of fused-ring (bicyclic) bond motifs is 1. The number of carbonyl (C=O) groups excluding carboxylic acids is 1. The number of hydrogen-bond donors (Lipinski definition) is 0. The van der Waals surface area contributed by atoms with Crippen molar-refractivity contribution in [3.63, 3.8) is 0 Å². The first kappa shape index (κ1) is 17.3. The summed E-state index contributed by atoms with van der Waals surface area (Å²) in [6, 6.07) is 3.70. The number of halogens is 1. The second kappa shape index (κ2) is 6.65. The Bertz CT molecular complexity index is 988. The summed E-state index contributed by atoms with van der Waals surface area (Å²) in [6.45, 7) is 2.64. The van der Waals surface area contributed by atoms with Crippen LogP contribution in [0.25, 0.3) is 11.3 Å². The van der Waals surface area contributed by atoms with Crippen molar-refractivity contribution in [2.45, 2.75) is 38.6 Å². The van der Waals surface area contributed by atoms with Gasteiger partial charge in [-0.25, -0.2) is 9.67 Å². The van der Waals surface area contributed by atoms with Gasteiger partial charge in [0.15, 0.2) is 0 Å². The van der Waals surface area contributed by atoms with Gasteiger partial charge in [-0.1, -0.05) is 36.3 Å². The molecule has 6 nitrogen and oxygen atoms in total. The molecule has 0 radical (unpaired) electrons. The van der Waals surface area contributed by atoms with E-state index in [0.29, 0.717) is 11.7 Å². The van der Waals surface area contributed by atoms with E-state index in [1.165, 1.54) is 23.7 Å². The molecule has 1 amide bonds. The zero-order valence-electron chi connectivity index (χ0n) is 15.8. The van der Waals surface area contributed by atoms with Crippen molar-refractivity contribution < 1.29 is 9.18 Å². The molecule has 1 saturated carbocycles. The molecular weight excluding hydrogens is 357 g/mol. The third-order valence-corrected chi connectivity index (χ3v) is 6.21. The number of hydrogen-bond acceptors (Lipinski definition) is 4. The number of likely N-dealkylation sites (tertiary alicyclic amines) is 1. The molecular formula is C21H22FN5O. The van der Waals surface area contributed by atoms with Crippen LogP contribution in [0.3, 0.4) is 0 Å². The maximum atomic E-state index is 14.0. The van der Waals surface area contributed by atoms with Crippen molar-refractivity contribution >= 4 is 11.5 Å². The minimum Gasteiger partial charge on any atom is -0.339 e. The molecule has 0 N–H and O–H groups in total. The van der Waals surface area contributed by atoms with Crippen LogP contribution in [-0.4, -0.2) is 43.4 Å². The molecule has 7 heteroatoms.